The zero-order valence-corrected chi connectivity index (χ0v) is 11.9. The number of aromatic nitrogens is 1. The van der Waals surface area contributed by atoms with Crippen molar-refractivity contribution in [2.45, 2.75) is 6.42 Å². The average Bonchev–Trinajstić information content (AvgIpc) is 2.47. The number of anilines is 1. The van der Waals surface area contributed by atoms with E-state index in [0.29, 0.717) is 16.4 Å². The third-order valence-electron chi connectivity index (χ3n) is 2.89. The van der Waals surface area contributed by atoms with Crippen LogP contribution >= 0.6 is 11.6 Å². The van der Waals surface area contributed by atoms with Crippen molar-refractivity contribution in [1.29, 1.82) is 0 Å². The Morgan fingerprint density at radius 1 is 1.25 bits per heavy atom. The quantitative estimate of drug-likeness (QED) is 0.832. The Labute approximate surface area is 123 Å². The Kier molecular flexibility index (Phi) is 5.09. The van der Waals surface area contributed by atoms with Gasteiger partial charge in [-0.25, -0.2) is 4.98 Å². The Balaban J connectivity index is 2.14. The van der Waals surface area contributed by atoms with Crippen molar-refractivity contribution in [3.05, 3.63) is 58.9 Å². The van der Waals surface area contributed by atoms with Crippen LogP contribution in [-0.4, -0.2) is 24.5 Å². The van der Waals surface area contributed by atoms with Crippen LogP contribution in [0.4, 0.5) is 5.69 Å². The summed E-state index contributed by atoms with van der Waals surface area (Å²) in [6.07, 6.45) is 2.34. The second-order valence-corrected chi connectivity index (χ2v) is 4.72. The van der Waals surface area contributed by atoms with Crippen molar-refractivity contribution < 1.29 is 4.79 Å². The van der Waals surface area contributed by atoms with Crippen LogP contribution in [-0.2, 0) is 6.42 Å². The minimum Gasteiger partial charge on any atom is -0.321 e. The molecule has 2 aromatic rings. The summed E-state index contributed by atoms with van der Waals surface area (Å²) in [6, 6.07) is 11.0. The van der Waals surface area contributed by atoms with E-state index in [1.165, 1.54) is 6.20 Å². The number of nitrogens with one attached hydrogen (secondary N) is 2. The molecule has 0 saturated heterocycles. The minimum absolute atomic E-state index is 0.138. The molecule has 0 radical (unpaired) electrons. The number of pyridine rings is 1. The fourth-order valence-electron chi connectivity index (χ4n) is 1.87. The number of likely N-dealkylation sites (N-methyl/N-ethyl adjacent to an activating group) is 1. The highest BCUT2D eigenvalue weighted by Gasteiger charge is 2.10. The molecule has 0 bridgehead atoms. The van der Waals surface area contributed by atoms with Gasteiger partial charge in [-0.15, -0.1) is 0 Å². The number of carbonyl (C=O) groups is 1. The molecular weight excluding hydrogens is 274 g/mol. The maximum Gasteiger partial charge on any atom is 0.255 e. The number of halogens is 1. The maximum atomic E-state index is 12.3. The van der Waals surface area contributed by atoms with E-state index in [0.717, 1.165) is 18.5 Å². The number of carbonyl (C=O) groups excluding carboxylic acids is 1. The Morgan fingerprint density at radius 3 is 2.75 bits per heavy atom. The molecule has 0 fully saturated rings. The first-order valence-electron chi connectivity index (χ1n) is 6.36. The zero-order valence-electron chi connectivity index (χ0n) is 11.2. The van der Waals surface area contributed by atoms with E-state index < -0.39 is 0 Å². The van der Waals surface area contributed by atoms with Crippen LogP contribution in [0.3, 0.4) is 0 Å². The van der Waals surface area contributed by atoms with E-state index in [1.807, 2.05) is 31.3 Å². The molecule has 4 nitrogen and oxygen atoms in total. The predicted octanol–water partition coefficient (Wildman–Crippen LogP) is 2.75. The lowest BCUT2D eigenvalue weighted by molar-refractivity contribution is 0.102. The van der Waals surface area contributed by atoms with Crippen LogP contribution in [0.15, 0.2) is 42.6 Å². The number of hydrogen-bond donors (Lipinski definition) is 2. The van der Waals surface area contributed by atoms with Gasteiger partial charge in [-0.3, -0.25) is 4.79 Å². The highest BCUT2D eigenvalue weighted by atomic mass is 35.5. The lowest BCUT2D eigenvalue weighted by Gasteiger charge is -2.10. The third kappa shape index (κ3) is 3.79. The predicted molar refractivity (Wildman–Crippen MR) is 81.3 cm³/mol. The van der Waals surface area contributed by atoms with E-state index in [1.54, 1.807) is 12.1 Å². The van der Waals surface area contributed by atoms with E-state index in [9.17, 15) is 4.79 Å². The molecule has 2 N–H and O–H groups in total. The van der Waals surface area contributed by atoms with Gasteiger partial charge in [0.1, 0.15) is 5.15 Å². The van der Waals surface area contributed by atoms with Gasteiger partial charge in [0.2, 0.25) is 0 Å². The van der Waals surface area contributed by atoms with Crippen LogP contribution in [0.25, 0.3) is 0 Å². The van der Waals surface area contributed by atoms with Gasteiger partial charge in [0.05, 0.1) is 11.9 Å². The smallest absolute Gasteiger partial charge is 0.255 e. The van der Waals surface area contributed by atoms with Gasteiger partial charge < -0.3 is 10.6 Å². The van der Waals surface area contributed by atoms with Crippen LogP contribution in [0.1, 0.15) is 15.9 Å². The SMILES string of the molecule is CNCCc1ccccc1C(=O)Nc1ccc(Cl)nc1. The summed E-state index contributed by atoms with van der Waals surface area (Å²) in [5.74, 6) is -0.138. The molecule has 1 aromatic heterocycles. The van der Waals surface area contributed by atoms with Crippen molar-refractivity contribution in [2.75, 3.05) is 18.9 Å². The molecule has 0 aliphatic carbocycles. The maximum absolute atomic E-state index is 12.3. The monoisotopic (exact) mass is 289 g/mol. The first kappa shape index (κ1) is 14.5. The molecule has 1 heterocycles. The molecule has 2 rings (SSSR count). The van der Waals surface area contributed by atoms with Gasteiger partial charge >= 0.3 is 0 Å². The standard InChI is InChI=1S/C15H16ClN3O/c1-17-9-8-11-4-2-3-5-13(11)15(20)19-12-6-7-14(16)18-10-12/h2-7,10,17H,8-9H2,1H3,(H,19,20). The van der Waals surface area contributed by atoms with Crippen molar-refractivity contribution in [2.24, 2.45) is 0 Å². The molecule has 0 atom stereocenters. The summed E-state index contributed by atoms with van der Waals surface area (Å²) in [6.45, 7) is 0.826. The largest absolute Gasteiger partial charge is 0.321 e. The van der Waals surface area contributed by atoms with Crippen molar-refractivity contribution >= 4 is 23.2 Å². The molecule has 5 heteroatoms. The summed E-state index contributed by atoms with van der Waals surface area (Å²) in [5, 5.41) is 6.30. The molecule has 0 aliphatic heterocycles. The number of rotatable bonds is 5. The fraction of sp³-hybridized carbons (Fsp3) is 0.200. The van der Waals surface area contributed by atoms with E-state index in [-0.39, 0.29) is 5.91 Å². The molecule has 0 aliphatic rings. The highest BCUT2D eigenvalue weighted by molar-refractivity contribution is 6.29. The summed E-state index contributed by atoms with van der Waals surface area (Å²) in [5.41, 5.74) is 2.32. The first-order chi connectivity index (χ1) is 9.70. The molecule has 104 valence electrons. The topological polar surface area (TPSA) is 54.0 Å². The first-order valence-corrected chi connectivity index (χ1v) is 6.74. The molecule has 0 saturated carbocycles. The van der Waals surface area contributed by atoms with Crippen LogP contribution in [0.2, 0.25) is 5.15 Å². The third-order valence-corrected chi connectivity index (χ3v) is 3.12. The molecule has 0 spiro atoms. The summed E-state index contributed by atoms with van der Waals surface area (Å²) in [4.78, 5) is 16.2. The lowest BCUT2D eigenvalue weighted by atomic mass is 10.0. The van der Waals surface area contributed by atoms with Gasteiger partial charge in [0, 0.05) is 5.56 Å². The molecular formula is C15H16ClN3O. The zero-order chi connectivity index (χ0) is 14.4. The number of hydrogen-bond acceptors (Lipinski definition) is 3. The molecule has 1 amide bonds. The number of amides is 1. The molecule has 0 unspecified atom stereocenters. The van der Waals surface area contributed by atoms with Gasteiger partial charge in [0.15, 0.2) is 0 Å². The van der Waals surface area contributed by atoms with Gasteiger partial charge in [-0.1, -0.05) is 29.8 Å². The Hall–Kier alpha value is -1.91. The van der Waals surface area contributed by atoms with Gasteiger partial charge in [0.25, 0.3) is 5.91 Å². The van der Waals surface area contributed by atoms with Crippen molar-refractivity contribution in [3.63, 3.8) is 0 Å². The van der Waals surface area contributed by atoms with Gasteiger partial charge in [-0.2, -0.15) is 0 Å². The fourth-order valence-corrected chi connectivity index (χ4v) is 1.98. The van der Waals surface area contributed by atoms with E-state index in [4.69, 9.17) is 11.6 Å². The summed E-state index contributed by atoms with van der Waals surface area (Å²) < 4.78 is 0. The second kappa shape index (κ2) is 7.03. The second-order valence-electron chi connectivity index (χ2n) is 4.33. The average molecular weight is 290 g/mol. The van der Waals surface area contributed by atoms with E-state index >= 15 is 0 Å². The van der Waals surface area contributed by atoms with E-state index in [2.05, 4.69) is 15.6 Å². The highest BCUT2D eigenvalue weighted by Crippen LogP contribution is 2.14. The number of benzene rings is 1. The molecule has 1 aromatic carbocycles. The van der Waals surface area contributed by atoms with Crippen LogP contribution in [0, 0.1) is 0 Å². The van der Waals surface area contributed by atoms with Crippen molar-refractivity contribution in [1.82, 2.24) is 10.3 Å². The Bertz CT molecular complexity index is 584. The van der Waals surface area contributed by atoms with Crippen molar-refractivity contribution in [3.8, 4) is 0 Å². The van der Waals surface area contributed by atoms with Crippen LogP contribution < -0.4 is 10.6 Å². The summed E-state index contributed by atoms with van der Waals surface area (Å²) in [7, 11) is 1.89. The van der Waals surface area contributed by atoms with Crippen LogP contribution in [0.5, 0.6) is 0 Å². The number of nitrogens with zero attached hydrogens (tertiary/aromatic N) is 1. The summed E-state index contributed by atoms with van der Waals surface area (Å²) >= 11 is 5.72. The normalized spacial score (nSPS) is 10.3. The molecule has 20 heavy (non-hydrogen) atoms. The lowest BCUT2D eigenvalue weighted by Crippen LogP contribution is -2.17. The minimum atomic E-state index is -0.138. The van der Waals surface area contributed by atoms with Gasteiger partial charge in [-0.05, 0) is 43.8 Å². The Morgan fingerprint density at radius 2 is 2.05 bits per heavy atom.